The molecule has 1 aromatic heterocycles. The van der Waals surface area contributed by atoms with Gasteiger partial charge >= 0.3 is 5.97 Å². The second-order valence-corrected chi connectivity index (χ2v) is 5.86. The largest absolute Gasteiger partial charge is 0.493 e. The van der Waals surface area contributed by atoms with E-state index in [2.05, 4.69) is 5.10 Å². The number of aromatic nitrogens is 2. The fourth-order valence-electron chi connectivity index (χ4n) is 2.95. The number of rotatable bonds is 7. The van der Waals surface area contributed by atoms with Gasteiger partial charge in [0.15, 0.2) is 6.23 Å². The molecule has 0 amide bonds. The first-order chi connectivity index (χ1) is 11.8. The fourth-order valence-corrected chi connectivity index (χ4v) is 2.95. The number of hydrogen-bond donors (Lipinski definition) is 0. The Kier molecular flexibility index (Phi) is 5.69. The van der Waals surface area contributed by atoms with Crippen molar-refractivity contribution >= 4 is 16.9 Å². The summed E-state index contributed by atoms with van der Waals surface area (Å²) in [6.45, 7) is 3.49. The van der Waals surface area contributed by atoms with Gasteiger partial charge < -0.3 is 14.2 Å². The molecule has 2 aromatic rings. The van der Waals surface area contributed by atoms with Gasteiger partial charge in [-0.3, -0.25) is 4.79 Å². The average Bonchev–Trinajstić information content (AvgIpc) is 3.04. The van der Waals surface area contributed by atoms with Crippen LogP contribution in [0.1, 0.15) is 45.3 Å². The fraction of sp³-hybridized carbons (Fsp3) is 0.556. The van der Waals surface area contributed by atoms with Crippen molar-refractivity contribution in [3.8, 4) is 5.75 Å². The summed E-state index contributed by atoms with van der Waals surface area (Å²) in [6, 6.07) is 5.93. The summed E-state index contributed by atoms with van der Waals surface area (Å²) in [5.74, 6) is 0.611. The van der Waals surface area contributed by atoms with Crippen molar-refractivity contribution in [1.82, 2.24) is 9.78 Å². The molecule has 6 heteroatoms. The quantitative estimate of drug-likeness (QED) is 0.574. The highest BCUT2D eigenvalue weighted by molar-refractivity contribution is 5.85. The molecule has 130 valence electrons. The minimum absolute atomic E-state index is 0.00955. The third-order valence-corrected chi connectivity index (χ3v) is 4.12. The SMILES string of the molecule is CCOC(=O)CCCOc1cccc2c1cnn2C1CCCCO1. The van der Waals surface area contributed by atoms with E-state index in [-0.39, 0.29) is 12.2 Å². The zero-order chi connectivity index (χ0) is 16.8. The monoisotopic (exact) mass is 332 g/mol. The molecule has 0 aliphatic carbocycles. The van der Waals surface area contributed by atoms with Gasteiger partial charge in [-0.1, -0.05) is 6.07 Å². The Bertz CT molecular complexity index is 677. The summed E-state index contributed by atoms with van der Waals surface area (Å²) in [5, 5.41) is 5.47. The van der Waals surface area contributed by atoms with Crippen LogP contribution in [0.3, 0.4) is 0 Å². The first-order valence-corrected chi connectivity index (χ1v) is 8.66. The van der Waals surface area contributed by atoms with Crippen LogP contribution in [0, 0.1) is 0 Å². The lowest BCUT2D eigenvalue weighted by atomic mass is 10.2. The highest BCUT2D eigenvalue weighted by atomic mass is 16.5. The van der Waals surface area contributed by atoms with Crippen molar-refractivity contribution in [2.75, 3.05) is 19.8 Å². The van der Waals surface area contributed by atoms with Gasteiger partial charge in [-0.25, -0.2) is 4.68 Å². The zero-order valence-corrected chi connectivity index (χ0v) is 14.1. The van der Waals surface area contributed by atoms with Crippen molar-refractivity contribution in [2.24, 2.45) is 0 Å². The van der Waals surface area contributed by atoms with Gasteiger partial charge in [-0.15, -0.1) is 0 Å². The second-order valence-electron chi connectivity index (χ2n) is 5.86. The Morgan fingerprint density at radius 2 is 2.33 bits per heavy atom. The van der Waals surface area contributed by atoms with E-state index in [9.17, 15) is 4.79 Å². The Hall–Kier alpha value is -2.08. The summed E-state index contributed by atoms with van der Waals surface area (Å²) in [7, 11) is 0. The number of esters is 1. The lowest BCUT2D eigenvalue weighted by Crippen LogP contribution is -2.18. The van der Waals surface area contributed by atoms with Crippen LogP contribution in [0.4, 0.5) is 0 Å². The van der Waals surface area contributed by atoms with Crippen molar-refractivity contribution in [2.45, 2.75) is 45.3 Å². The molecule has 0 radical (unpaired) electrons. The lowest BCUT2D eigenvalue weighted by molar-refractivity contribution is -0.143. The number of benzene rings is 1. The maximum atomic E-state index is 11.3. The standard InChI is InChI=1S/C18H24N2O4/c1-2-22-18(21)10-6-12-23-16-8-5-7-15-14(16)13-19-20(15)17-9-3-4-11-24-17/h5,7-8,13,17H,2-4,6,9-12H2,1H3. The summed E-state index contributed by atoms with van der Waals surface area (Å²) < 4.78 is 18.5. The number of ether oxygens (including phenoxy) is 3. The molecule has 1 aromatic carbocycles. The summed E-state index contributed by atoms with van der Waals surface area (Å²) in [6.07, 6.45) is 6.11. The summed E-state index contributed by atoms with van der Waals surface area (Å²) in [4.78, 5) is 11.3. The van der Waals surface area contributed by atoms with E-state index >= 15 is 0 Å². The van der Waals surface area contributed by atoms with E-state index in [0.717, 1.165) is 42.5 Å². The molecular formula is C18H24N2O4. The third-order valence-electron chi connectivity index (χ3n) is 4.12. The highest BCUT2D eigenvalue weighted by Gasteiger charge is 2.19. The average molecular weight is 332 g/mol. The van der Waals surface area contributed by atoms with Gasteiger partial charge in [-0.2, -0.15) is 5.10 Å². The van der Waals surface area contributed by atoms with E-state index in [4.69, 9.17) is 14.2 Å². The van der Waals surface area contributed by atoms with Crippen molar-refractivity contribution < 1.29 is 19.0 Å². The van der Waals surface area contributed by atoms with Crippen molar-refractivity contribution in [1.29, 1.82) is 0 Å². The number of carbonyl (C=O) groups excluding carboxylic acids is 1. The molecule has 0 N–H and O–H groups in total. The van der Waals surface area contributed by atoms with E-state index in [0.29, 0.717) is 26.1 Å². The van der Waals surface area contributed by atoms with Gasteiger partial charge in [0.05, 0.1) is 30.3 Å². The summed E-state index contributed by atoms with van der Waals surface area (Å²) in [5.41, 5.74) is 1.02. The van der Waals surface area contributed by atoms with Gasteiger partial charge in [0.1, 0.15) is 5.75 Å². The smallest absolute Gasteiger partial charge is 0.305 e. The minimum atomic E-state index is -0.179. The van der Waals surface area contributed by atoms with Crippen molar-refractivity contribution in [3.63, 3.8) is 0 Å². The first kappa shape index (κ1) is 16.8. The highest BCUT2D eigenvalue weighted by Crippen LogP contribution is 2.30. The number of hydrogen-bond acceptors (Lipinski definition) is 5. The molecule has 0 bridgehead atoms. The third kappa shape index (κ3) is 3.87. The predicted molar refractivity (Wildman–Crippen MR) is 89.9 cm³/mol. The second kappa shape index (κ2) is 8.15. The van der Waals surface area contributed by atoms with E-state index < -0.39 is 0 Å². The van der Waals surface area contributed by atoms with Gasteiger partial charge in [0, 0.05) is 13.0 Å². The molecule has 24 heavy (non-hydrogen) atoms. The topological polar surface area (TPSA) is 62.6 Å². The van der Waals surface area contributed by atoms with E-state index in [1.54, 1.807) is 0 Å². The molecule has 0 saturated carbocycles. The molecule has 3 rings (SSSR count). The van der Waals surface area contributed by atoms with Crippen molar-refractivity contribution in [3.05, 3.63) is 24.4 Å². The molecule has 1 unspecified atom stereocenters. The zero-order valence-electron chi connectivity index (χ0n) is 14.1. The number of nitrogens with zero attached hydrogens (tertiary/aromatic N) is 2. The Balaban J connectivity index is 1.64. The molecule has 1 aliphatic heterocycles. The molecule has 6 nitrogen and oxygen atoms in total. The predicted octanol–water partition coefficient (Wildman–Crippen LogP) is 3.46. The lowest BCUT2D eigenvalue weighted by Gasteiger charge is -2.23. The van der Waals surface area contributed by atoms with Gasteiger partial charge in [0.25, 0.3) is 0 Å². The van der Waals surface area contributed by atoms with Crippen LogP contribution in [-0.4, -0.2) is 35.6 Å². The molecular weight excluding hydrogens is 308 g/mol. The Morgan fingerprint density at radius 1 is 1.42 bits per heavy atom. The first-order valence-electron chi connectivity index (χ1n) is 8.66. The molecule has 1 atom stereocenters. The molecule has 1 fully saturated rings. The van der Waals surface area contributed by atoms with Gasteiger partial charge in [-0.05, 0) is 44.7 Å². The number of carbonyl (C=O) groups is 1. The molecule has 2 heterocycles. The molecule has 1 aliphatic rings. The van der Waals surface area contributed by atoms with E-state index in [1.165, 1.54) is 0 Å². The Labute approximate surface area is 141 Å². The van der Waals surface area contributed by atoms with Crippen LogP contribution in [0.25, 0.3) is 10.9 Å². The molecule has 1 saturated heterocycles. The minimum Gasteiger partial charge on any atom is -0.493 e. The van der Waals surface area contributed by atoms with Crippen LogP contribution in [0.5, 0.6) is 5.75 Å². The van der Waals surface area contributed by atoms with Crippen LogP contribution < -0.4 is 4.74 Å². The maximum Gasteiger partial charge on any atom is 0.305 e. The van der Waals surface area contributed by atoms with Crippen LogP contribution >= 0.6 is 0 Å². The molecule has 0 spiro atoms. The van der Waals surface area contributed by atoms with Crippen LogP contribution in [-0.2, 0) is 14.3 Å². The number of fused-ring (bicyclic) bond motifs is 1. The van der Waals surface area contributed by atoms with Crippen LogP contribution in [0.15, 0.2) is 24.4 Å². The Morgan fingerprint density at radius 3 is 3.12 bits per heavy atom. The van der Waals surface area contributed by atoms with Crippen LogP contribution in [0.2, 0.25) is 0 Å². The maximum absolute atomic E-state index is 11.3. The van der Waals surface area contributed by atoms with E-state index in [1.807, 2.05) is 36.0 Å². The van der Waals surface area contributed by atoms with Gasteiger partial charge in [0.2, 0.25) is 0 Å². The summed E-state index contributed by atoms with van der Waals surface area (Å²) >= 11 is 0. The normalized spacial score (nSPS) is 17.8.